The summed E-state index contributed by atoms with van der Waals surface area (Å²) in [5, 5.41) is 1.05. The van der Waals surface area contributed by atoms with E-state index in [1.54, 1.807) is 19.3 Å². The molecule has 2 aromatic heterocycles. The number of rotatable bonds is 3. The van der Waals surface area contributed by atoms with Gasteiger partial charge in [0.15, 0.2) is 5.78 Å². The van der Waals surface area contributed by atoms with Gasteiger partial charge in [-0.25, -0.2) is 0 Å². The van der Waals surface area contributed by atoms with Crippen molar-refractivity contribution in [1.82, 2.24) is 9.97 Å². The van der Waals surface area contributed by atoms with Gasteiger partial charge in [0, 0.05) is 23.4 Å². The van der Waals surface area contributed by atoms with E-state index in [1.165, 1.54) is 0 Å². The Morgan fingerprint density at radius 3 is 2.62 bits per heavy atom. The maximum Gasteiger partial charge on any atom is 0.161 e. The fraction of sp³-hybridized carbons (Fsp3) is 0.0556. The molecular weight excluding hydrogens is 260 g/mol. The molecule has 3 aromatic rings. The van der Waals surface area contributed by atoms with Crippen LogP contribution in [0.15, 0.2) is 60.9 Å². The van der Waals surface area contributed by atoms with Crippen molar-refractivity contribution in [2.45, 2.75) is 6.92 Å². The van der Waals surface area contributed by atoms with Gasteiger partial charge in [-0.2, -0.15) is 0 Å². The lowest BCUT2D eigenvalue weighted by atomic mass is 10.0. The summed E-state index contributed by atoms with van der Waals surface area (Å²) < 4.78 is 0. The molecule has 21 heavy (non-hydrogen) atoms. The third-order valence-electron chi connectivity index (χ3n) is 3.24. The van der Waals surface area contributed by atoms with Gasteiger partial charge in [-0.1, -0.05) is 24.3 Å². The lowest BCUT2D eigenvalue weighted by molar-refractivity contribution is -0.111. The van der Waals surface area contributed by atoms with Crippen LogP contribution in [0.2, 0.25) is 0 Å². The molecule has 0 aliphatic carbocycles. The molecule has 0 fully saturated rings. The highest BCUT2D eigenvalue weighted by molar-refractivity contribution is 6.23. The lowest BCUT2D eigenvalue weighted by Gasteiger charge is -2.04. The molecule has 0 spiro atoms. The second kappa shape index (κ2) is 5.67. The molecule has 0 radical (unpaired) electrons. The average Bonchev–Trinajstić information content (AvgIpc) is 2.53. The molecule has 0 bridgehead atoms. The maximum atomic E-state index is 11.9. The number of ketones is 1. The van der Waals surface area contributed by atoms with E-state index >= 15 is 0 Å². The van der Waals surface area contributed by atoms with E-state index in [-0.39, 0.29) is 5.78 Å². The fourth-order valence-corrected chi connectivity index (χ4v) is 2.21. The highest BCUT2D eigenvalue weighted by atomic mass is 16.1. The SMILES string of the molecule is CC(=O)/C(=C\c1cnc2ccccc2c1)c1ccccn1. The van der Waals surface area contributed by atoms with Crippen LogP contribution in [0.25, 0.3) is 22.6 Å². The summed E-state index contributed by atoms with van der Waals surface area (Å²) in [6.45, 7) is 1.55. The zero-order valence-corrected chi connectivity index (χ0v) is 11.7. The molecule has 3 heteroatoms. The van der Waals surface area contributed by atoms with Gasteiger partial charge >= 0.3 is 0 Å². The third kappa shape index (κ3) is 2.87. The zero-order valence-electron chi connectivity index (χ0n) is 11.7. The van der Waals surface area contributed by atoms with Gasteiger partial charge in [-0.15, -0.1) is 0 Å². The van der Waals surface area contributed by atoms with Crippen molar-refractivity contribution in [3.63, 3.8) is 0 Å². The van der Waals surface area contributed by atoms with Crippen LogP contribution in [-0.4, -0.2) is 15.8 Å². The Balaban J connectivity index is 2.09. The smallest absolute Gasteiger partial charge is 0.161 e. The van der Waals surface area contributed by atoms with Crippen LogP contribution in [0.1, 0.15) is 18.2 Å². The molecule has 0 amide bonds. The van der Waals surface area contributed by atoms with E-state index in [2.05, 4.69) is 9.97 Å². The normalized spacial score (nSPS) is 11.6. The van der Waals surface area contributed by atoms with Crippen molar-refractivity contribution >= 4 is 28.3 Å². The highest BCUT2D eigenvalue weighted by Gasteiger charge is 2.08. The molecule has 2 heterocycles. The van der Waals surface area contributed by atoms with Gasteiger partial charge in [0.05, 0.1) is 11.2 Å². The van der Waals surface area contributed by atoms with Crippen LogP contribution in [0.5, 0.6) is 0 Å². The Kier molecular flexibility index (Phi) is 3.56. The quantitative estimate of drug-likeness (QED) is 0.683. The molecule has 0 N–H and O–H groups in total. The summed E-state index contributed by atoms with van der Waals surface area (Å²) in [4.78, 5) is 20.5. The van der Waals surface area contributed by atoms with Crippen molar-refractivity contribution in [2.75, 3.05) is 0 Å². The van der Waals surface area contributed by atoms with Crippen molar-refractivity contribution in [3.8, 4) is 0 Å². The summed E-state index contributed by atoms with van der Waals surface area (Å²) in [5.41, 5.74) is 3.10. The van der Waals surface area contributed by atoms with E-state index in [9.17, 15) is 4.79 Å². The van der Waals surface area contributed by atoms with Crippen LogP contribution < -0.4 is 0 Å². The molecule has 3 nitrogen and oxygen atoms in total. The van der Waals surface area contributed by atoms with E-state index < -0.39 is 0 Å². The fourth-order valence-electron chi connectivity index (χ4n) is 2.21. The molecule has 0 aliphatic heterocycles. The first-order valence-corrected chi connectivity index (χ1v) is 6.73. The number of carbonyl (C=O) groups excluding carboxylic acids is 1. The standard InChI is InChI=1S/C18H14N2O/c1-13(21)16(18-8-4-5-9-19-18)11-14-10-15-6-2-3-7-17(15)20-12-14/h2-12H,1H3/b16-11+. The molecule has 1 aromatic carbocycles. The predicted molar refractivity (Wildman–Crippen MR) is 84.5 cm³/mol. The molecule has 0 unspecified atom stereocenters. The minimum Gasteiger partial charge on any atom is -0.294 e. The summed E-state index contributed by atoms with van der Waals surface area (Å²) >= 11 is 0. The van der Waals surface area contributed by atoms with E-state index in [0.717, 1.165) is 16.5 Å². The number of nitrogens with zero attached hydrogens (tertiary/aromatic N) is 2. The average molecular weight is 274 g/mol. The molecular formula is C18H14N2O. The Labute approximate surface area is 123 Å². The van der Waals surface area contributed by atoms with Crippen LogP contribution in [-0.2, 0) is 4.79 Å². The van der Waals surface area contributed by atoms with Crippen LogP contribution >= 0.6 is 0 Å². The van der Waals surface area contributed by atoms with Gasteiger partial charge in [0.2, 0.25) is 0 Å². The number of pyridine rings is 2. The number of hydrogen-bond acceptors (Lipinski definition) is 3. The molecule has 0 atom stereocenters. The summed E-state index contributed by atoms with van der Waals surface area (Å²) in [6, 6.07) is 15.5. The van der Waals surface area contributed by atoms with E-state index in [1.807, 2.05) is 54.6 Å². The lowest BCUT2D eigenvalue weighted by Crippen LogP contribution is -1.98. The Bertz CT molecular complexity index is 823. The second-order valence-electron chi connectivity index (χ2n) is 4.79. The molecule has 102 valence electrons. The molecule has 0 saturated heterocycles. The number of benzene rings is 1. The number of para-hydroxylation sites is 1. The van der Waals surface area contributed by atoms with Gasteiger partial charge in [0.1, 0.15) is 0 Å². The van der Waals surface area contributed by atoms with Gasteiger partial charge in [-0.05, 0) is 42.8 Å². The van der Waals surface area contributed by atoms with Crippen LogP contribution in [0.4, 0.5) is 0 Å². The highest BCUT2D eigenvalue weighted by Crippen LogP contribution is 2.19. The molecule has 0 aliphatic rings. The number of aromatic nitrogens is 2. The van der Waals surface area contributed by atoms with Crippen molar-refractivity contribution < 1.29 is 4.79 Å². The first-order valence-electron chi connectivity index (χ1n) is 6.73. The Morgan fingerprint density at radius 1 is 1.05 bits per heavy atom. The summed E-state index contributed by atoms with van der Waals surface area (Å²) in [6.07, 6.45) is 5.29. The molecule has 0 saturated carbocycles. The van der Waals surface area contributed by atoms with Gasteiger partial charge < -0.3 is 0 Å². The maximum absolute atomic E-state index is 11.9. The second-order valence-corrected chi connectivity index (χ2v) is 4.79. The summed E-state index contributed by atoms with van der Waals surface area (Å²) in [7, 11) is 0. The van der Waals surface area contributed by atoms with Crippen molar-refractivity contribution in [3.05, 3.63) is 72.2 Å². The van der Waals surface area contributed by atoms with Gasteiger partial charge in [-0.3, -0.25) is 14.8 Å². The minimum atomic E-state index is -0.0122. The van der Waals surface area contributed by atoms with Crippen LogP contribution in [0, 0.1) is 0 Å². The zero-order chi connectivity index (χ0) is 14.7. The van der Waals surface area contributed by atoms with E-state index in [0.29, 0.717) is 11.3 Å². The van der Waals surface area contributed by atoms with Crippen molar-refractivity contribution in [1.29, 1.82) is 0 Å². The first-order chi connectivity index (χ1) is 10.2. The largest absolute Gasteiger partial charge is 0.294 e. The summed E-state index contributed by atoms with van der Waals surface area (Å²) in [5.74, 6) is -0.0122. The number of fused-ring (bicyclic) bond motifs is 1. The first kappa shape index (κ1) is 13.2. The van der Waals surface area contributed by atoms with Crippen molar-refractivity contribution in [2.24, 2.45) is 0 Å². The Morgan fingerprint density at radius 2 is 1.86 bits per heavy atom. The molecule has 3 rings (SSSR count). The van der Waals surface area contributed by atoms with E-state index in [4.69, 9.17) is 0 Å². The monoisotopic (exact) mass is 274 g/mol. The third-order valence-corrected chi connectivity index (χ3v) is 3.24. The predicted octanol–water partition coefficient (Wildman–Crippen LogP) is 3.76. The Hall–Kier alpha value is -2.81. The number of hydrogen-bond donors (Lipinski definition) is 0. The van der Waals surface area contributed by atoms with Crippen LogP contribution in [0.3, 0.4) is 0 Å². The topological polar surface area (TPSA) is 42.9 Å². The van der Waals surface area contributed by atoms with Gasteiger partial charge in [0.25, 0.3) is 0 Å². The number of allylic oxidation sites excluding steroid dienone is 1. The number of carbonyl (C=O) groups is 1. The number of Topliss-reactive ketones (excluding diaryl/α,β-unsaturated/α-hetero) is 1. The minimum absolute atomic E-state index is 0.0122.